The molecule has 0 bridgehead atoms. The predicted molar refractivity (Wildman–Crippen MR) is 72.2 cm³/mol. The van der Waals surface area contributed by atoms with Crippen molar-refractivity contribution in [3.05, 3.63) is 36.0 Å². The second-order valence-electron chi connectivity index (χ2n) is 4.68. The number of nitrogens with zero attached hydrogens (tertiary/aromatic N) is 1. The van der Waals surface area contributed by atoms with E-state index < -0.39 is 0 Å². The normalized spacial score (nSPS) is 21.6. The molecule has 0 aromatic heterocycles. The molecule has 3 heteroatoms. The number of hydrogen-bond donors (Lipinski definition) is 0. The van der Waals surface area contributed by atoms with Crippen LogP contribution >= 0.6 is 0 Å². The van der Waals surface area contributed by atoms with E-state index in [1.165, 1.54) is 31.3 Å². The van der Waals surface area contributed by atoms with Crippen LogP contribution in [0.4, 0.5) is 0 Å². The molecule has 0 unspecified atom stereocenters. The molecule has 1 amide bonds. The molecule has 0 saturated carbocycles. The van der Waals surface area contributed by atoms with Crippen LogP contribution in [-0.4, -0.2) is 37.1 Å². The molecular weight excluding hydrogens is 226 g/mol. The van der Waals surface area contributed by atoms with Crippen molar-refractivity contribution < 1.29 is 9.53 Å². The van der Waals surface area contributed by atoms with Crippen molar-refractivity contribution in [2.75, 3.05) is 26.3 Å². The number of morpholine rings is 1. The second kappa shape index (κ2) is 7.17. The van der Waals surface area contributed by atoms with E-state index in [4.69, 9.17) is 4.74 Å². The highest BCUT2D eigenvalue weighted by Crippen LogP contribution is 2.17. The number of carbonyl (C=O) groups excluding carboxylic acids is 1. The summed E-state index contributed by atoms with van der Waals surface area (Å²) in [5.74, 6) is 0.0839. The van der Waals surface area contributed by atoms with Crippen LogP contribution in [0.2, 0.25) is 0 Å². The molecular formula is C15H21NO2. The quantitative estimate of drug-likeness (QED) is 0.566. The maximum Gasteiger partial charge on any atom is 0.246 e. The van der Waals surface area contributed by atoms with Gasteiger partial charge in [0.2, 0.25) is 5.91 Å². The average Bonchev–Trinajstić information content (AvgIpc) is 2.45. The zero-order valence-corrected chi connectivity index (χ0v) is 10.8. The van der Waals surface area contributed by atoms with Crippen molar-refractivity contribution in [3.8, 4) is 0 Å². The zero-order valence-electron chi connectivity index (χ0n) is 10.8. The van der Waals surface area contributed by atoms with Crippen molar-refractivity contribution in [3.63, 3.8) is 0 Å². The smallest absolute Gasteiger partial charge is 0.246 e. The fourth-order valence-electron chi connectivity index (χ4n) is 2.22. The first-order chi connectivity index (χ1) is 8.86. The first-order valence-corrected chi connectivity index (χ1v) is 6.77. The molecule has 0 aromatic rings. The molecule has 0 radical (unpaired) electrons. The first-order valence-electron chi connectivity index (χ1n) is 6.77. The van der Waals surface area contributed by atoms with Crippen LogP contribution in [0.3, 0.4) is 0 Å². The number of hydrogen-bond acceptors (Lipinski definition) is 2. The summed E-state index contributed by atoms with van der Waals surface area (Å²) in [7, 11) is 0. The van der Waals surface area contributed by atoms with Crippen LogP contribution in [0.5, 0.6) is 0 Å². The Labute approximate surface area is 109 Å². The monoisotopic (exact) mass is 247 g/mol. The summed E-state index contributed by atoms with van der Waals surface area (Å²) in [4.78, 5) is 13.6. The molecule has 1 aliphatic carbocycles. The van der Waals surface area contributed by atoms with Gasteiger partial charge in [-0.2, -0.15) is 0 Å². The lowest BCUT2D eigenvalue weighted by molar-refractivity contribution is -0.129. The Hall–Kier alpha value is -1.35. The highest BCUT2D eigenvalue weighted by Gasteiger charge is 2.13. The SMILES string of the molecule is O=C(C=CC=CC1=CCCCC1)N1CCOCC1. The topological polar surface area (TPSA) is 29.5 Å². The lowest BCUT2D eigenvalue weighted by Gasteiger charge is -2.25. The third-order valence-corrected chi connectivity index (χ3v) is 3.31. The molecule has 0 N–H and O–H groups in total. The maximum absolute atomic E-state index is 11.8. The second-order valence-corrected chi connectivity index (χ2v) is 4.68. The van der Waals surface area contributed by atoms with E-state index >= 15 is 0 Å². The van der Waals surface area contributed by atoms with Crippen molar-refractivity contribution >= 4 is 5.91 Å². The number of amides is 1. The summed E-state index contributed by atoms with van der Waals surface area (Å²) in [5.41, 5.74) is 1.39. The summed E-state index contributed by atoms with van der Waals surface area (Å²) < 4.78 is 5.22. The molecule has 0 spiro atoms. The summed E-state index contributed by atoms with van der Waals surface area (Å²) >= 11 is 0. The molecule has 1 heterocycles. The molecule has 2 rings (SSSR count). The van der Waals surface area contributed by atoms with Gasteiger partial charge in [-0.05, 0) is 25.7 Å². The minimum atomic E-state index is 0.0839. The Morgan fingerprint density at radius 1 is 1.22 bits per heavy atom. The van der Waals surface area contributed by atoms with Crippen molar-refractivity contribution in [2.45, 2.75) is 25.7 Å². The molecule has 1 fully saturated rings. The minimum absolute atomic E-state index is 0.0839. The number of rotatable bonds is 3. The summed E-state index contributed by atoms with van der Waals surface area (Å²) in [6.45, 7) is 2.72. The summed E-state index contributed by atoms with van der Waals surface area (Å²) in [5, 5.41) is 0. The Morgan fingerprint density at radius 3 is 2.78 bits per heavy atom. The molecule has 18 heavy (non-hydrogen) atoms. The summed E-state index contributed by atoms with van der Waals surface area (Å²) in [6.07, 6.45) is 14.8. The number of ether oxygens (including phenoxy) is 1. The Morgan fingerprint density at radius 2 is 2.06 bits per heavy atom. The van der Waals surface area contributed by atoms with Gasteiger partial charge in [0.1, 0.15) is 0 Å². The van der Waals surface area contributed by atoms with Crippen LogP contribution in [-0.2, 0) is 9.53 Å². The Kier molecular flexibility index (Phi) is 5.21. The molecule has 0 atom stereocenters. The number of allylic oxidation sites excluding steroid dienone is 5. The minimum Gasteiger partial charge on any atom is -0.378 e. The maximum atomic E-state index is 11.8. The van der Waals surface area contributed by atoms with E-state index in [0.29, 0.717) is 26.3 Å². The molecule has 1 saturated heterocycles. The highest BCUT2D eigenvalue weighted by atomic mass is 16.5. The van der Waals surface area contributed by atoms with Gasteiger partial charge in [0.15, 0.2) is 0 Å². The van der Waals surface area contributed by atoms with Crippen LogP contribution < -0.4 is 0 Å². The Balaban J connectivity index is 1.77. The molecule has 3 nitrogen and oxygen atoms in total. The fourth-order valence-corrected chi connectivity index (χ4v) is 2.22. The lowest BCUT2D eigenvalue weighted by atomic mass is 9.99. The molecule has 2 aliphatic rings. The molecule has 1 aliphatic heterocycles. The van der Waals surface area contributed by atoms with Crippen LogP contribution in [0.1, 0.15) is 25.7 Å². The van der Waals surface area contributed by atoms with Gasteiger partial charge in [-0.1, -0.05) is 29.9 Å². The van der Waals surface area contributed by atoms with Crippen LogP contribution in [0, 0.1) is 0 Å². The predicted octanol–water partition coefficient (Wildman–Crippen LogP) is 2.46. The van der Waals surface area contributed by atoms with E-state index in [1.54, 1.807) is 6.08 Å². The van der Waals surface area contributed by atoms with Crippen LogP contribution in [0.25, 0.3) is 0 Å². The third-order valence-electron chi connectivity index (χ3n) is 3.31. The van der Waals surface area contributed by atoms with E-state index in [-0.39, 0.29) is 5.91 Å². The fraction of sp³-hybridized carbons (Fsp3) is 0.533. The van der Waals surface area contributed by atoms with Crippen molar-refractivity contribution in [1.29, 1.82) is 0 Å². The average molecular weight is 247 g/mol. The number of carbonyl (C=O) groups is 1. The van der Waals surface area contributed by atoms with Crippen molar-refractivity contribution in [2.24, 2.45) is 0 Å². The zero-order chi connectivity index (χ0) is 12.6. The van der Waals surface area contributed by atoms with Gasteiger partial charge in [0, 0.05) is 19.2 Å². The van der Waals surface area contributed by atoms with Gasteiger partial charge < -0.3 is 9.64 Å². The van der Waals surface area contributed by atoms with Gasteiger partial charge >= 0.3 is 0 Å². The molecule has 0 aromatic carbocycles. The van der Waals surface area contributed by atoms with Gasteiger partial charge in [0.05, 0.1) is 13.2 Å². The molecule has 98 valence electrons. The first kappa shape index (κ1) is 13.1. The van der Waals surface area contributed by atoms with Gasteiger partial charge in [-0.3, -0.25) is 4.79 Å². The van der Waals surface area contributed by atoms with Gasteiger partial charge in [-0.15, -0.1) is 0 Å². The lowest BCUT2D eigenvalue weighted by Crippen LogP contribution is -2.39. The van der Waals surface area contributed by atoms with E-state index in [0.717, 1.165) is 0 Å². The largest absolute Gasteiger partial charge is 0.378 e. The Bertz CT molecular complexity index is 363. The van der Waals surface area contributed by atoms with Crippen LogP contribution in [0.15, 0.2) is 36.0 Å². The van der Waals surface area contributed by atoms with Gasteiger partial charge in [0.25, 0.3) is 0 Å². The third kappa shape index (κ3) is 4.15. The highest BCUT2D eigenvalue weighted by molar-refractivity contribution is 5.87. The van der Waals surface area contributed by atoms with E-state index in [1.807, 2.05) is 17.1 Å². The van der Waals surface area contributed by atoms with Gasteiger partial charge in [-0.25, -0.2) is 0 Å². The standard InChI is InChI=1S/C15H21NO2/c17-15(16-10-12-18-13-11-16)9-5-4-8-14-6-2-1-3-7-14/h4-6,8-9H,1-3,7,10-13H2. The van der Waals surface area contributed by atoms with E-state index in [2.05, 4.69) is 12.2 Å². The summed E-state index contributed by atoms with van der Waals surface area (Å²) in [6, 6.07) is 0. The van der Waals surface area contributed by atoms with Crippen molar-refractivity contribution in [1.82, 2.24) is 4.90 Å². The van der Waals surface area contributed by atoms with E-state index in [9.17, 15) is 4.79 Å².